The second kappa shape index (κ2) is 1.31. The SMILES string of the molecule is [O]=[W](=[O])(=[O])(=[O])([Na])[Na]. The van der Waals surface area contributed by atoms with Crippen LogP contribution in [0.2, 0.25) is 0 Å². The Bertz CT molecular complexity index is 322. The fourth-order valence-corrected chi connectivity index (χ4v) is 0. The third-order valence-electron chi connectivity index (χ3n) is 0. The van der Waals surface area contributed by atoms with Crippen molar-refractivity contribution in [3.05, 3.63) is 0 Å². The van der Waals surface area contributed by atoms with Crippen LogP contribution in [0.25, 0.3) is 0 Å². The van der Waals surface area contributed by atoms with E-state index >= 15 is 0 Å². The van der Waals surface area contributed by atoms with Crippen LogP contribution < -0.4 is 0 Å². The predicted molar refractivity (Wildman–Crippen MR) is 14.3 cm³/mol. The summed E-state index contributed by atoms with van der Waals surface area (Å²) in [6, 6.07) is 0. The molecule has 0 saturated heterocycles. The van der Waals surface area contributed by atoms with E-state index in [1.807, 2.05) is 0 Å². The second-order valence-corrected chi connectivity index (χ2v) is 66.2. The minimum atomic E-state index is -7.03. The first kappa shape index (κ1) is 8.89. The molecule has 0 aromatic carbocycles. The average Bonchev–Trinajstić information content (AvgIpc) is 0.592. The summed E-state index contributed by atoms with van der Waals surface area (Å²) in [5.41, 5.74) is 0. The summed E-state index contributed by atoms with van der Waals surface area (Å²) in [6.45, 7) is 0. The molecule has 0 fully saturated rings. The molecule has 0 unspecified atom stereocenters. The Balaban J connectivity index is 6.71. The summed E-state index contributed by atoms with van der Waals surface area (Å²) in [5, 5.41) is 0. The monoisotopic (exact) mass is 294 g/mol. The average molecular weight is 294 g/mol. The van der Waals surface area contributed by atoms with Crippen LogP contribution in [-0.4, -0.2) is 48.5 Å². The summed E-state index contributed by atoms with van der Waals surface area (Å²) in [6.07, 6.45) is 0. The molecule has 7 heteroatoms. The molecule has 4 nitrogen and oxygen atoms in total. The van der Waals surface area contributed by atoms with Gasteiger partial charge in [-0.05, 0) is 0 Å². The van der Waals surface area contributed by atoms with Crippen LogP contribution in [0.1, 0.15) is 0 Å². The van der Waals surface area contributed by atoms with Gasteiger partial charge in [-0.25, -0.2) is 0 Å². The van der Waals surface area contributed by atoms with Crippen LogP contribution >= 0.6 is 0 Å². The number of hydrogen-bond acceptors (Lipinski definition) is 4. The van der Waals surface area contributed by atoms with Gasteiger partial charge in [0.25, 0.3) is 0 Å². The molecule has 0 aromatic heterocycles. The molecule has 0 radical (unpaired) electrons. The van der Waals surface area contributed by atoms with E-state index in [0.717, 1.165) is 0 Å². The van der Waals surface area contributed by atoms with Crippen LogP contribution in [0, 0.1) is 0 Å². The van der Waals surface area contributed by atoms with E-state index in [-0.39, 0.29) is 0 Å². The van der Waals surface area contributed by atoms with Gasteiger partial charge in [0.05, 0.1) is 0 Å². The number of hydrogen-bond donors (Lipinski definition) is 0. The van der Waals surface area contributed by atoms with Gasteiger partial charge in [0.15, 0.2) is 0 Å². The third-order valence-corrected chi connectivity index (χ3v) is 0. The van der Waals surface area contributed by atoms with Gasteiger partial charge in [-0.3, -0.25) is 0 Å². The van der Waals surface area contributed by atoms with Crippen LogP contribution in [-0.2, 0) is 17.0 Å². The summed E-state index contributed by atoms with van der Waals surface area (Å²) >= 11 is -1.47. The minimum absolute atomic E-state index is 0.733. The van der Waals surface area contributed by atoms with Gasteiger partial charge in [0.1, 0.15) is 0 Å². The molecule has 0 aromatic rings. The predicted octanol–water partition coefficient (Wildman–Crippen LogP) is -1.24. The molecule has 0 aliphatic heterocycles. The van der Waals surface area contributed by atoms with Crippen molar-refractivity contribution >= 4 is 48.5 Å². The Hall–Kier alpha value is 1.89. The van der Waals surface area contributed by atoms with Crippen LogP contribution in [0.4, 0.5) is 0 Å². The molecule has 0 aliphatic rings. The molecular weight excluding hydrogens is 294 g/mol. The van der Waals surface area contributed by atoms with Crippen LogP contribution in [0.15, 0.2) is 0 Å². The van der Waals surface area contributed by atoms with E-state index in [1.165, 1.54) is 0 Å². The molecule has 0 N–H and O–H groups in total. The molecule has 0 amide bonds. The van der Waals surface area contributed by atoms with Crippen molar-refractivity contribution in [2.75, 3.05) is 0 Å². The van der Waals surface area contributed by atoms with Gasteiger partial charge in [-0.2, -0.15) is 0 Å². The molecular formula is Na2O4W. The Morgan fingerprint density at radius 3 is 0.857 bits per heavy atom. The van der Waals surface area contributed by atoms with E-state index in [0.29, 0.717) is 0 Å². The van der Waals surface area contributed by atoms with E-state index in [2.05, 4.69) is 0 Å². The zero-order valence-electron chi connectivity index (χ0n) is 4.04. The van der Waals surface area contributed by atoms with Gasteiger partial charge in [0.2, 0.25) is 0 Å². The third kappa shape index (κ3) is 76.7. The molecule has 0 rings (SSSR count). The van der Waals surface area contributed by atoms with Gasteiger partial charge >= 0.3 is 65.5 Å². The fourth-order valence-electron chi connectivity index (χ4n) is 0. The standard InChI is InChI=1S/2Na.4O.W. The molecule has 0 aliphatic carbocycles. The Morgan fingerprint density at radius 2 is 0.857 bits per heavy atom. The van der Waals surface area contributed by atoms with E-state index in [9.17, 15) is 13.6 Å². The molecule has 7 heavy (non-hydrogen) atoms. The number of rotatable bonds is 0. The van der Waals surface area contributed by atoms with Gasteiger partial charge < -0.3 is 0 Å². The first-order valence-corrected chi connectivity index (χ1v) is 25.5. The van der Waals surface area contributed by atoms with Crippen molar-refractivity contribution in [2.45, 2.75) is 0 Å². The fraction of sp³-hybridized carbons (Fsp3) is 0. The van der Waals surface area contributed by atoms with Gasteiger partial charge in [0, 0.05) is 0 Å². The first-order chi connectivity index (χ1) is 2.45. The van der Waals surface area contributed by atoms with Gasteiger partial charge in [-0.15, -0.1) is 0 Å². The van der Waals surface area contributed by atoms with Crippen molar-refractivity contribution < 1.29 is 17.0 Å². The normalized spacial score (nSPS) is 17.7. The first-order valence-electron chi connectivity index (χ1n) is 1.48. The molecule has 0 spiro atoms. The van der Waals surface area contributed by atoms with Crippen LogP contribution in [0.3, 0.4) is 0 Å². The Morgan fingerprint density at radius 1 is 0.857 bits per heavy atom. The van der Waals surface area contributed by atoms with Crippen molar-refractivity contribution in [3.8, 4) is 0 Å². The van der Waals surface area contributed by atoms with Crippen LogP contribution in [0.5, 0.6) is 0 Å². The Kier molecular flexibility index (Phi) is 1.67. The zero-order chi connectivity index (χ0) is 6.41. The topological polar surface area (TPSA) is 68.3 Å². The molecule has 0 heterocycles. The molecule has 32 valence electrons. The zero-order valence-corrected chi connectivity index (χ0v) is 11.0. The Labute approximate surface area is 63.9 Å². The van der Waals surface area contributed by atoms with Crippen molar-refractivity contribution in [1.82, 2.24) is 0 Å². The maximum absolute atomic E-state index is 9.92. The van der Waals surface area contributed by atoms with E-state index < -0.39 is 51.9 Å². The summed E-state index contributed by atoms with van der Waals surface area (Å²) < 4.78 is 32.6. The van der Waals surface area contributed by atoms with E-state index in [4.69, 9.17) is 0 Å². The molecule has 0 bridgehead atoms. The molecule has 0 saturated carbocycles. The second-order valence-electron chi connectivity index (χ2n) is 2.15. The van der Waals surface area contributed by atoms with Crippen molar-refractivity contribution in [2.24, 2.45) is 0 Å². The van der Waals surface area contributed by atoms with Crippen molar-refractivity contribution in [1.29, 1.82) is 0 Å². The summed E-state index contributed by atoms with van der Waals surface area (Å²) in [7, 11) is 0. The summed E-state index contributed by atoms with van der Waals surface area (Å²) in [4.78, 5) is 0. The van der Waals surface area contributed by atoms with Gasteiger partial charge in [-0.1, -0.05) is 0 Å². The molecule has 0 atom stereocenters. The summed E-state index contributed by atoms with van der Waals surface area (Å²) in [5.74, 6) is 0. The van der Waals surface area contributed by atoms with E-state index in [1.54, 1.807) is 0 Å². The quantitative estimate of drug-likeness (QED) is 0.524. The van der Waals surface area contributed by atoms with Crippen molar-refractivity contribution in [3.63, 3.8) is 0 Å². The maximum atomic E-state index is 9.92.